The first-order chi connectivity index (χ1) is 6.32. The van der Waals surface area contributed by atoms with Crippen LogP contribution in [0.15, 0.2) is 6.20 Å². The fourth-order valence-electron chi connectivity index (χ4n) is 0.956. The van der Waals surface area contributed by atoms with E-state index in [1.54, 1.807) is 10.9 Å². The van der Waals surface area contributed by atoms with Gasteiger partial charge in [-0.25, -0.2) is 0 Å². The summed E-state index contributed by atoms with van der Waals surface area (Å²) in [4.78, 5) is 11.7. The van der Waals surface area contributed by atoms with Gasteiger partial charge in [0, 0.05) is 5.41 Å². The van der Waals surface area contributed by atoms with E-state index in [1.807, 2.05) is 27.7 Å². The standard InChI is InChI=1S/C10H15ClN2O/c1-7-8(11)5-12-13(7)6-9(14)10(2,3)4/h5H,6H2,1-4H3. The molecular formula is C10H15ClN2O. The van der Waals surface area contributed by atoms with Crippen molar-refractivity contribution in [3.8, 4) is 0 Å². The molecule has 0 aliphatic carbocycles. The summed E-state index contributed by atoms with van der Waals surface area (Å²) in [7, 11) is 0. The zero-order valence-electron chi connectivity index (χ0n) is 8.97. The molecule has 0 radical (unpaired) electrons. The third kappa shape index (κ3) is 2.35. The van der Waals surface area contributed by atoms with Crippen LogP contribution >= 0.6 is 11.6 Å². The molecule has 78 valence electrons. The monoisotopic (exact) mass is 214 g/mol. The van der Waals surface area contributed by atoms with Gasteiger partial charge >= 0.3 is 0 Å². The molecule has 0 aliphatic heterocycles. The average molecular weight is 215 g/mol. The Morgan fingerprint density at radius 3 is 2.50 bits per heavy atom. The molecule has 0 aliphatic rings. The highest BCUT2D eigenvalue weighted by molar-refractivity contribution is 6.31. The minimum atomic E-state index is -0.329. The van der Waals surface area contributed by atoms with Gasteiger partial charge in [0.25, 0.3) is 0 Å². The highest BCUT2D eigenvalue weighted by atomic mass is 35.5. The maximum absolute atomic E-state index is 11.7. The van der Waals surface area contributed by atoms with E-state index in [-0.39, 0.29) is 11.2 Å². The Hall–Kier alpha value is -0.830. The maximum Gasteiger partial charge on any atom is 0.159 e. The number of carbonyl (C=O) groups excluding carboxylic acids is 1. The Morgan fingerprint density at radius 1 is 1.57 bits per heavy atom. The van der Waals surface area contributed by atoms with Gasteiger partial charge in [0.2, 0.25) is 0 Å². The van der Waals surface area contributed by atoms with Crippen LogP contribution in [0.2, 0.25) is 5.02 Å². The van der Waals surface area contributed by atoms with Gasteiger partial charge in [0.1, 0.15) is 6.54 Å². The molecule has 0 aromatic carbocycles. The number of halogens is 1. The zero-order chi connectivity index (χ0) is 10.9. The van der Waals surface area contributed by atoms with Crippen LogP contribution < -0.4 is 0 Å². The van der Waals surface area contributed by atoms with E-state index in [9.17, 15) is 4.79 Å². The lowest BCUT2D eigenvalue weighted by Crippen LogP contribution is -2.25. The van der Waals surface area contributed by atoms with Crippen molar-refractivity contribution >= 4 is 17.4 Å². The number of nitrogens with zero attached hydrogens (tertiary/aromatic N) is 2. The highest BCUT2D eigenvalue weighted by Crippen LogP contribution is 2.18. The van der Waals surface area contributed by atoms with Crippen LogP contribution in [0.4, 0.5) is 0 Å². The number of carbonyl (C=O) groups is 1. The fourth-order valence-corrected chi connectivity index (χ4v) is 1.10. The maximum atomic E-state index is 11.7. The lowest BCUT2D eigenvalue weighted by atomic mass is 9.91. The molecule has 0 bridgehead atoms. The summed E-state index contributed by atoms with van der Waals surface area (Å²) >= 11 is 5.83. The molecule has 0 saturated heterocycles. The van der Waals surface area contributed by atoms with Crippen molar-refractivity contribution in [2.24, 2.45) is 5.41 Å². The molecule has 0 fully saturated rings. The average Bonchev–Trinajstić information content (AvgIpc) is 2.34. The minimum Gasteiger partial charge on any atom is -0.297 e. The third-order valence-corrected chi connectivity index (χ3v) is 2.54. The fraction of sp³-hybridized carbons (Fsp3) is 0.600. The van der Waals surface area contributed by atoms with E-state index in [0.29, 0.717) is 11.6 Å². The highest BCUT2D eigenvalue weighted by Gasteiger charge is 2.22. The van der Waals surface area contributed by atoms with E-state index >= 15 is 0 Å². The van der Waals surface area contributed by atoms with Crippen molar-refractivity contribution in [2.75, 3.05) is 0 Å². The lowest BCUT2D eigenvalue weighted by Gasteiger charge is -2.16. The number of hydrogen-bond donors (Lipinski definition) is 0. The summed E-state index contributed by atoms with van der Waals surface area (Å²) in [5.74, 6) is 0.153. The molecule has 1 rings (SSSR count). The topological polar surface area (TPSA) is 34.9 Å². The molecular weight excluding hydrogens is 200 g/mol. The SMILES string of the molecule is Cc1c(Cl)cnn1CC(=O)C(C)(C)C. The summed E-state index contributed by atoms with van der Waals surface area (Å²) in [6.45, 7) is 7.84. The second kappa shape index (κ2) is 3.73. The van der Waals surface area contributed by atoms with E-state index in [2.05, 4.69) is 5.10 Å². The zero-order valence-corrected chi connectivity index (χ0v) is 9.72. The van der Waals surface area contributed by atoms with Crippen LogP contribution in [-0.2, 0) is 11.3 Å². The van der Waals surface area contributed by atoms with Gasteiger partial charge in [-0.3, -0.25) is 9.48 Å². The number of Topliss-reactive ketones (excluding diaryl/α,β-unsaturated/α-hetero) is 1. The predicted molar refractivity (Wildman–Crippen MR) is 56.4 cm³/mol. The molecule has 1 aromatic rings. The van der Waals surface area contributed by atoms with Crippen molar-refractivity contribution in [3.05, 3.63) is 16.9 Å². The minimum absolute atomic E-state index is 0.153. The third-order valence-electron chi connectivity index (χ3n) is 2.17. The van der Waals surface area contributed by atoms with Crippen molar-refractivity contribution in [1.82, 2.24) is 9.78 Å². The molecule has 0 saturated carbocycles. The predicted octanol–water partition coefficient (Wildman–Crippen LogP) is 2.46. The van der Waals surface area contributed by atoms with Gasteiger partial charge < -0.3 is 0 Å². The first kappa shape index (κ1) is 11.2. The quantitative estimate of drug-likeness (QED) is 0.758. The lowest BCUT2D eigenvalue weighted by molar-refractivity contribution is -0.127. The molecule has 1 aromatic heterocycles. The van der Waals surface area contributed by atoms with Crippen LogP contribution in [0, 0.1) is 12.3 Å². The van der Waals surface area contributed by atoms with Crippen LogP contribution in [-0.4, -0.2) is 15.6 Å². The first-order valence-electron chi connectivity index (χ1n) is 4.53. The molecule has 4 heteroatoms. The second-order valence-corrected chi connectivity index (χ2v) is 4.82. The van der Waals surface area contributed by atoms with Gasteiger partial charge in [-0.1, -0.05) is 32.4 Å². The van der Waals surface area contributed by atoms with Crippen molar-refractivity contribution < 1.29 is 4.79 Å². The van der Waals surface area contributed by atoms with E-state index in [0.717, 1.165) is 5.69 Å². The summed E-state index contributed by atoms with van der Waals surface area (Å²) in [6, 6.07) is 0. The number of aromatic nitrogens is 2. The summed E-state index contributed by atoms with van der Waals surface area (Å²) in [5, 5.41) is 4.64. The molecule has 0 spiro atoms. The smallest absolute Gasteiger partial charge is 0.159 e. The molecule has 3 nitrogen and oxygen atoms in total. The summed E-state index contributed by atoms with van der Waals surface area (Å²) in [6.07, 6.45) is 1.56. The number of hydrogen-bond acceptors (Lipinski definition) is 2. The van der Waals surface area contributed by atoms with Crippen molar-refractivity contribution in [3.63, 3.8) is 0 Å². The number of ketones is 1. The van der Waals surface area contributed by atoms with Crippen LogP contribution in [0.3, 0.4) is 0 Å². The largest absolute Gasteiger partial charge is 0.297 e. The second-order valence-electron chi connectivity index (χ2n) is 4.41. The van der Waals surface area contributed by atoms with Gasteiger partial charge in [0.15, 0.2) is 5.78 Å². The van der Waals surface area contributed by atoms with Gasteiger partial charge in [-0.15, -0.1) is 0 Å². The molecule has 14 heavy (non-hydrogen) atoms. The van der Waals surface area contributed by atoms with E-state index in [4.69, 9.17) is 11.6 Å². The number of rotatable bonds is 2. The van der Waals surface area contributed by atoms with Crippen LogP contribution in [0.5, 0.6) is 0 Å². The summed E-state index contributed by atoms with van der Waals surface area (Å²) < 4.78 is 1.63. The normalized spacial score (nSPS) is 11.8. The first-order valence-corrected chi connectivity index (χ1v) is 4.91. The molecule has 0 amide bonds. The van der Waals surface area contributed by atoms with E-state index in [1.165, 1.54) is 0 Å². The molecule has 0 N–H and O–H groups in total. The molecule has 0 unspecified atom stereocenters. The van der Waals surface area contributed by atoms with Crippen LogP contribution in [0.25, 0.3) is 0 Å². The van der Waals surface area contributed by atoms with Gasteiger partial charge in [-0.2, -0.15) is 5.10 Å². The van der Waals surface area contributed by atoms with Crippen molar-refractivity contribution in [2.45, 2.75) is 34.2 Å². The summed E-state index contributed by atoms with van der Waals surface area (Å²) in [5.41, 5.74) is 0.509. The molecule has 1 heterocycles. The van der Waals surface area contributed by atoms with Crippen molar-refractivity contribution in [1.29, 1.82) is 0 Å². The van der Waals surface area contributed by atoms with Gasteiger partial charge in [0.05, 0.1) is 16.9 Å². The Balaban J connectivity index is 2.80. The van der Waals surface area contributed by atoms with Crippen LogP contribution in [0.1, 0.15) is 26.5 Å². The molecule has 0 atom stereocenters. The Kier molecular flexibility index (Phi) is 3.00. The van der Waals surface area contributed by atoms with E-state index < -0.39 is 0 Å². The Labute approximate surface area is 89.1 Å². The Bertz CT molecular complexity index is 349. The van der Waals surface area contributed by atoms with Gasteiger partial charge in [-0.05, 0) is 6.92 Å². The Morgan fingerprint density at radius 2 is 2.14 bits per heavy atom.